The molecule has 50 heavy (non-hydrogen) atoms. The van der Waals surface area contributed by atoms with Crippen molar-refractivity contribution in [3.63, 3.8) is 0 Å². The van der Waals surface area contributed by atoms with Gasteiger partial charge in [-0.25, -0.2) is 0 Å². The number of quaternary nitrogens is 1. The Bertz CT molecular complexity index is 2790. The lowest BCUT2D eigenvalue weighted by Gasteiger charge is -2.12. The minimum absolute atomic E-state index is 0.975. The number of para-hydroxylation sites is 2. The Morgan fingerprint density at radius 2 is 0.920 bits per heavy atom. The predicted molar refractivity (Wildman–Crippen MR) is 210 cm³/mol. The zero-order chi connectivity index (χ0) is 33.0. The number of benzene rings is 7. The zero-order valence-electron chi connectivity index (χ0n) is 27.5. The Morgan fingerprint density at radius 1 is 0.380 bits per heavy atom. The highest BCUT2D eigenvalue weighted by atomic mass is 15.0. The molecule has 0 atom stereocenters. The van der Waals surface area contributed by atoms with Crippen LogP contribution >= 0.6 is 0 Å². The van der Waals surface area contributed by atoms with E-state index in [1.165, 1.54) is 82.7 Å². The lowest BCUT2D eigenvalue weighted by Crippen LogP contribution is -2.78. The second-order valence-corrected chi connectivity index (χ2v) is 13.1. The molecule has 3 nitrogen and oxygen atoms in total. The Morgan fingerprint density at radius 3 is 1.56 bits per heavy atom. The van der Waals surface area contributed by atoms with Gasteiger partial charge in [0.1, 0.15) is 0 Å². The first-order chi connectivity index (χ1) is 24.8. The zero-order valence-corrected chi connectivity index (χ0v) is 27.5. The van der Waals surface area contributed by atoms with Gasteiger partial charge in [0, 0.05) is 32.9 Å². The average molecular weight is 641 g/mol. The van der Waals surface area contributed by atoms with Crippen LogP contribution in [0.15, 0.2) is 182 Å². The molecule has 0 spiro atoms. The SMILES string of the molecule is C1=CC(c2cccc(-n3c4ccccc4c4cc(-c5ccc6c(c5)c5ccccc5n6-c5ccc(-c6ccccc6)cc5)ccc43)c2)=CC[NH2+]1. The summed E-state index contributed by atoms with van der Waals surface area (Å²) in [5.41, 5.74) is 14.6. The van der Waals surface area contributed by atoms with Gasteiger partial charge >= 0.3 is 0 Å². The summed E-state index contributed by atoms with van der Waals surface area (Å²) < 4.78 is 4.81. The maximum Gasteiger partial charge on any atom is 0.0993 e. The van der Waals surface area contributed by atoms with E-state index in [0.29, 0.717) is 0 Å². The smallest absolute Gasteiger partial charge is 0.0993 e. The molecule has 1 aliphatic rings. The van der Waals surface area contributed by atoms with Gasteiger partial charge in [-0.2, -0.15) is 0 Å². The number of nitrogens with two attached hydrogens (primary N) is 1. The summed E-state index contributed by atoms with van der Waals surface area (Å²) in [7, 11) is 0. The molecule has 9 aromatic rings. The van der Waals surface area contributed by atoms with E-state index in [4.69, 9.17) is 0 Å². The molecule has 0 aliphatic carbocycles. The summed E-state index contributed by atoms with van der Waals surface area (Å²) in [4.78, 5) is 0. The van der Waals surface area contributed by atoms with E-state index < -0.39 is 0 Å². The van der Waals surface area contributed by atoms with Crippen molar-refractivity contribution in [3.05, 3.63) is 188 Å². The highest BCUT2D eigenvalue weighted by Crippen LogP contribution is 2.38. The van der Waals surface area contributed by atoms with Crippen molar-refractivity contribution in [2.75, 3.05) is 6.54 Å². The van der Waals surface area contributed by atoms with Crippen LogP contribution in [0.1, 0.15) is 5.56 Å². The summed E-state index contributed by atoms with van der Waals surface area (Å²) in [6.07, 6.45) is 6.66. The fourth-order valence-corrected chi connectivity index (χ4v) is 7.85. The molecule has 10 rings (SSSR count). The quantitative estimate of drug-likeness (QED) is 0.194. The number of aromatic nitrogens is 2. The number of fused-ring (bicyclic) bond motifs is 6. The molecule has 0 bridgehead atoms. The Labute approximate surface area is 290 Å². The van der Waals surface area contributed by atoms with E-state index in [-0.39, 0.29) is 0 Å². The van der Waals surface area contributed by atoms with Crippen LogP contribution in [0.5, 0.6) is 0 Å². The molecule has 0 radical (unpaired) electrons. The highest BCUT2D eigenvalue weighted by molar-refractivity contribution is 6.12. The third-order valence-electron chi connectivity index (χ3n) is 10.2. The molecule has 0 saturated heterocycles. The third kappa shape index (κ3) is 4.63. The molecule has 2 N–H and O–H groups in total. The summed E-state index contributed by atoms with van der Waals surface area (Å²) in [5.74, 6) is 0. The minimum Gasteiger partial charge on any atom is -0.317 e. The normalized spacial score (nSPS) is 13.1. The first-order valence-electron chi connectivity index (χ1n) is 17.3. The number of rotatable bonds is 5. The molecular formula is C47H34N3+. The van der Waals surface area contributed by atoms with Crippen molar-refractivity contribution in [1.29, 1.82) is 0 Å². The monoisotopic (exact) mass is 640 g/mol. The molecule has 0 fully saturated rings. The summed E-state index contributed by atoms with van der Waals surface area (Å²) in [6, 6.07) is 59.9. The molecule has 7 aromatic carbocycles. The number of allylic oxidation sites excluding steroid dienone is 2. The molecule has 236 valence electrons. The molecule has 2 aromatic heterocycles. The summed E-state index contributed by atoms with van der Waals surface area (Å²) >= 11 is 0. The van der Waals surface area contributed by atoms with Gasteiger partial charge < -0.3 is 14.5 Å². The Hall–Kier alpha value is -6.42. The van der Waals surface area contributed by atoms with Gasteiger partial charge in [-0.05, 0) is 106 Å². The first-order valence-corrected chi connectivity index (χ1v) is 17.3. The number of hydrogen-bond acceptors (Lipinski definition) is 0. The van der Waals surface area contributed by atoms with Gasteiger partial charge in [0.2, 0.25) is 0 Å². The lowest BCUT2D eigenvalue weighted by molar-refractivity contribution is -0.578. The van der Waals surface area contributed by atoms with E-state index in [9.17, 15) is 0 Å². The molecule has 3 heteroatoms. The van der Waals surface area contributed by atoms with Gasteiger partial charge in [0.25, 0.3) is 0 Å². The fraction of sp³-hybridized carbons (Fsp3) is 0.0213. The second kappa shape index (κ2) is 11.6. The van der Waals surface area contributed by atoms with Gasteiger partial charge in [-0.1, -0.05) is 103 Å². The second-order valence-electron chi connectivity index (χ2n) is 13.1. The van der Waals surface area contributed by atoms with Gasteiger partial charge in [0.05, 0.1) is 34.8 Å². The molecular weight excluding hydrogens is 607 g/mol. The van der Waals surface area contributed by atoms with Crippen molar-refractivity contribution in [3.8, 4) is 33.6 Å². The number of hydrogen-bond donors (Lipinski definition) is 1. The van der Waals surface area contributed by atoms with Crippen LogP contribution in [0.4, 0.5) is 0 Å². The van der Waals surface area contributed by atoms with E-state index in [2.05, 4.69) is 197 Å². The van der Waals surface area contributed by atoms with E-state index in [1.807, 2.05) is 0 Å². The van der Waals surface area contributed by atoms with Crippen molar-refractivity contribution >= 4 is 49.2 Å². The highest BCUT2D eigenvalue weighted by Gasteiger charge is 2.17. The van der Waals surface area contributed by atoms with E-state index in [1.54, 1.807) is 0 Å². The average Bonchev–Trinajstić information content (AvgIpc) is 3.71. The minimum atomic E-state index is 0.975. The maximum atomic E-state index is 2.41. The van der Waals surface area contributed by atoms with Gasteiger partial charge in [-0.3, -0.25) is 0 Å². The maximum absolute atomic E-state index is 2.41. The van der Waals surface area contributed by atoms with Crippen molar-refractivity contribution in [2.24, 2.45) is 0 Å². The molecule has 0 saturated carbocycles. The van der Waals surface area contributed by atoms with Crippen molar-refractivity contribution < 1.29 is 5.32 Å². The van der Waals surface area contributed by atoms with Crippen LogP contribution in [-0.2, 0) is 0 Å². The Balaban J connectivity index is 1.10. The topological polar surface area (TPSA) is 26.5 Å². The van der Waals surface area contributed by atoms with Crippen LogP contribution in [-0.4, -0.2) is 15.7 Å². The van der Waals surface area contributed by atoms with Crippen LogP contribution in [0.3, 0.4) is 0 Å². The van der Waals surface area contributed by atoms with Crippen molar-refractivity contribution in [1.82, 2.24) is 9.13 Å². The molecule has 3 heterocycles. The van der Waals surface area contributed by atoms with Crippen LogP contribution < -0.4 is 5.32 Å². The third-order valence-corrected chi connectivity index (χ3v) is 10.2. The summed E-state index contributed by atoms with van der Waals surface area (Å²) in [6.45, 7) is 0.975. The molecule has 0 unspecified atom stereocenters. The first kappa shape index (κ1) is 28.6. The van der Waals surface area contributed by atoms with Crippen LogP contribution in [0.25, 0.3) is 82.8 Å². The summed E-state index contributed by atoms with van der Waals surface area (Å²) in [5, 5.41) is 7.23. The predicted octanol–water partition coefficient (Wildman–Crippen LogP) is 10.7. The molecule has 1 aliphatic heterocycles. The van der Waals surface area contributed by atoms with Gasteiger partial charge in [0.15, 0.2) is 0 Å². The lowest BCUT2D eigenvalue weighted by atomic mass is 10.0. The van der Waals surface area contributed by atoms with Crippen LogP contribution in [0, 0.1) is 0 Å². The Kier molecular flexibility index (Phi) is 6.64. The fourth-order valence-electron chi connectivity index (χ4n) is 7.85. The standard InChI is InChI=1S/C47H33N3/c1-2-9-32(10-3-1)33-17-21-38(22-18-33)49-44-15-6-4-13-40(44)42-30-36(19-23-46(42)49)37-20-24-47-43(31-37)41-14-5-7-16-45(41)50(47)39-12-8-11-35(29-39)34-25-27-48-28-26-34/h1-27,29-31,48H,28H2/p+1. The van der Waals surface area contributed by atoms with E-state index in [0.717, 1.165) is 12.2 Å². The van der Waals surface area contributed by atoms with Gasteiger partial charge in [-0.15, -0.1) is 0 Å². The molecule has 0 amide bonds. The largest absolute Gasteiger partial charge is 0.317 e. The number of nitrogens with zero attached hydrogens (tertiary/aromatic N) is 2. The van der Waals surface area contributed by atoms with Crippen molar-refractivity contribution in [2.45, 2.75) is 0 Å². The van der Waals surface area contributed by atoms with Crippen LogP contribution in [0.2, 0.25) is 0 Å². The van der Waals surface area contributed by atoms with E-state index >= 15 is 0 Å².